The van der Waals surface area contributed by atoms with Crippen LogP contribution in [0, 0.1) is 0 Å². The van der Waals surface area contributed by atoms with Crippen molar-refractivity contribution < 1.29 is 24.2 Å². The highest BCUT2D eigenvalue weighted by Crippen LogP contribution is 2.44. The predicted octanol–water partition coefficient (Wildman–Crippen LogP) is 6.36. The lowest BCUT2D eigenvalue weighted by atomic mass is 9.92. The number of hydrogen-bond acceptors (Lipinski definition) is 5. The Kier molecular flexibility index (Phi) is 8.02. The molecular formula is C30H37NO5. The molecule has 1 saturated heterocycles. The number of amides is 1. The molecule has 4 rings (SSSR count). The maximum absolute atomic E-state index is 13.4. The summed E-state index contributed by atoms with van der Waals surface area (Å²) in [6, 6.07) is 12.3. The normalized spacial score (nSPS) is 19.9. The van der Waals surface area contributed by atoms with Gasteiger partial charge in [-0.25, -0.2) is 0 Å². The second-order valence-electron chi connectivity index (χ2n) is 9.90. The highest BCUT2D eigenvalue weighted by atomic mass is 16.5. The Morgan fingerprint density at radius 1 is 1.03 bits per heavy atom. The lowest BCUT2D eigenvalue weighted by Crippen LogP contribution is -2.37. The Hall–Kier alpha value is -3.28. The summed E-state index contributed by atoms with van der Waals surface area (Å²) in [7, 11) is 0. The number of nitrogens with zero attached hydrogens (tertiary/aromatic N) is 1. The second-order valence-corrected chi connectivity index (χ2v) is 9.90. The minimum Gasteiger partial charge on any atom is -0.507 e. The van der Waals surface area contributed by atoms with Crippen LogP contribution in [-0.4, -0.2) is 41.0 Å². The summed E-state index contributed by atoms with van der Waals surface area (Å²) in [5, 5.41) is 11.5. The van der Waals surface area contributed by atoms with Gasteiger partial charge in [-0.2, -0.15) is 0 Å². The zero-order valence-electron chi connectivity index (χ0n) is 21.8. The zero-order chi connectivity index (χ0) is 25.8. The van der Waals surface area contributed by atoms with Crippen LogP contribution in [0.15, 0.2) is 48.0 Å². The molecule has 0 bridgehead atoms. The maximum atomic E-state index is 13.4. The summed E-state index contributed by atoms with van der Waals surface area (Å²) in [5.74, 6) is 0.355. The van der Waals surface area contributed by atoms with Gasteiger partial charge in [0.2, 0.25) is 0 Å². The van der Waals surface area contributed by atoms with Gasteiger partial charge >= 0.3 is 0 Å². The van der Waals surface area contributed by atoms with Gasteiger partial charge in [-0.05, 0) is 73.6 Å². The minimum atomic E-state index is -0.637. The Labute approximate surface area is 213 Å². The molecule has 6 heteroatoms. The number of rotatable bonds is 9. The van der Waals surface area contributed by atoms with Gasteiger partial charge in [-0.1, -0.05) is 45.7 Å². The molecule has 0 radical (unpaired) electrons. The molecule has 1 aliphatic heterocycles. The summed E-state index contributed by atoms with van der Waals surface area (Å²) in [6.07, 6.45) is 4.69. The van der Waals surface area contributed by atoms with Crippen LogP contribution in [-0.2, 0) is 9.59 Å². The highest BCUT2D eigenvalue weighted by Gasteiger charge is 2.49. The van der Waals surface area contributed by atoms with Crippen molar-refractivity contribution in [2.75, 3.05) is 13.2 Å². The number of ketones is 1. The highest BCUT2D eigenvalue weighted by molar-refractivity contribution is 6.46. The molecule has 1 amide bonds. The summed E-state index contributed by atoms with van der Waals surface area (Å²) >= 11 is 0. The van der Waals surface area contributed by atoms with Crippen molar-refractivity contribution in [3.63, 3.8) is 0 Å². The third kappa shape index (κ3) is 4.99. The van der Waals surface area contributed by atoms with Crippen molar-refractivity contribution in [3.05, 3.63) is 64.7 Å². The van der Waals surface area contributed by atoms with E-state index in [0.717, 1.165) is 54.7 Å². The average Bonchev–Trinajstić information content (AvgIpc) is 3.49. The summed E-state index contributed by atoms with van der Waals surface area (Å²) in [4.78, 5) is 28.4. The summed E-state index contributed by atoms with van der Waals surface area (Å²) in [5.41, 5.74) is 2.40. The number of Topliss-reactive ketones (excluding diaryl/α,β-unsaturated/α-hetero) is 1. The quantitative estimate of drug-likeness (QED) is 0.251. The van der Waals surface area contributed by atoms with E-state index in [4.69, 9.17) is 9.47 Å². The molecule has 1 unspecified atom stereocenters. The Morgan fingerprint density at radius 3 is 2.33 bits per heavy atom. The number of carbonyl (C=O) groups excluding carboxylic acids is 2. The fourth-order valence-corrected chi connectivity index (χ4v) is 5.29. The first-order valence-corrected chi connectivity index (χ1v) is 13.2. The SMILES string of the molecule is CCCOc1ccc(C2/C(=C(/O)c3ccc(OCC)c(C(C)C)c3)C(=O)C(=O)N2C2CCCC2)cc1. The van der Waals surface area contributed by atoms with Crippen molar-refractivity contribution in [3.8, 4) is 11.5 Å². The molecule has 192 valence electrons. The van der Waals surface area contributed by atoms with Gasteiger partial charge in [0, 0.05) is 11.6 Å². The van der Waals surface area contributed by atoms with Gasteiger partial charge in [0.1, 0.15) is 17.3 Å². The van der Waals surface area contributed by atoms with Gasteiger partial charge in [0.15, 0.2) is 0 Å². The molecule has 1 aliphatic carbocycles. The van der Waals surface area contributed by atoms with E-state index in [-0.39, 0.29) is 23.3 Å². The summed E-state index contributed by atoms with van der Waals surface area (Å²) < 4.78 is 11.5. The standard InChI is InChI=1S/C30H37NO5/c1-5-17-36-23-14-11-20(12-15-23)27-26(29(33)30(34)31(27)22-9-7-8-10-22)28(32)21-13-16-25(35-6-2)24(18-21)19(3)4/h11-16,18-19,22,27,32H,5-10,17H2,1-4H3/b28-26-. The molecule has 1 atom stereocenters. The molecular weight excluding hydrogens is 454 g/mol. The number of hydrogen-bond donors (Lipinski definition) is 1. The summed E-state index contributed by atoms with van der Waals surface area (Å²) in [6.45, 7) is 9.26. The van der Waals surface area contributed by atoms with Crippen molar-refractivity contribution in [1.82, 2.24) is 4.90 Å². The first-order valence-electron chi connectivity index (χ1n) is 13.2. The number of likely N-dealkylation sites (tertiary alicyclic amines) is 1. The maximum Gasteiger partial charge on any atom is 0.295 e. The number of aliphatic hydroxyl groups is 1. The fourth-order valence-electron chi connectivity index (χ4n) is 5.29. The van der Waals surface area contributed by atoms with Crippen LogP contribution >= 0.6 is 0 Å². The van der Waals surface area contributed by atoms with Crippen molar-refractivity contribution >= 4 is 17.4 Å². The smallest absolute Gasteiger partial charge is 0.295 e. The largest absolute Gasteiger partial charge is 0.507 e. The van der Waals surface area contributed by atoms with Gasteiger partial charge in [-0.15, -0.1) is 0 Å². The molecule has 0 spiro atoms. The number of aliphatic hydroxyl groups excluding tert-OH is 1. The molecule has 1 N–H and O–H groups in total. The van der Waals surface area contributed by atoms with Crippen molar-refractivity contribution in [2.24, 2.45) is 0 Å². The van der Waals surface area contributed by atoms with Gasteiger partial charge in [-0.3, -0.25) is 9.59 Å². The van der Waals surface area contributed by atoms with E-state index < -0.39 is 17.7 Å². The van der Waals surface area contributed by atoms with Crippen LogP contribution in [0.3, 0.4) is 0 Å². The Bertz CT molecular complexity index is 1130. The monoisotopic (exact) mass is 491 g/mol. The lowest BCUT2D eigenvalue weighted by Gasteiger charge is -2.31. The van der Waals surface area contributed by atoms with Crippen LogP contribution in [0.25, 0.3) is 5.76 Å². The molecule has 6 nitrogen and oxygen atoms in total. The van der Waals surface area contributed by atoms with E-state index in [2.05, 4.69) is 20.8 Å². The van der Waals surface area contributed by atoms with E-state index in [0.29, 0.717) is 18.8 Å². The number of carbonyl (C=O) groups is 2. The van der Waals surface area contributed by atoms with E-state index in [1.165, 1.54) is 0 Å². The molecule has 2 aromatic rings. The first-order chi connectivity index (χ1) is 17.4. The first kappa shape index (κ1) is 25.8. The molecule has 0 aromatic heterocycles. The van der Waals surface area contributed by atoms with E-state index >= 15 is 0 Å². The second kappa shape index (κ2) is 11.2. The average molecular weight is 492 g/mol. The van der Waals surface area contributed by atoms with Gasteiger partial charge in [0.05, 0.1) is 24.8 Å². The van der Waals surface area contributed by atoms with Crippen LogP contribution in [0.1, 0.15) is 88.4 Å². The topological polar surface area (TPSA) is 76.1 Å². The number of ether oxygens (including phenoxy) is 2. The molecule has 1 heterocycles. The van der Waals surface area contributed by atoms with Gasteiger partial charge in [0.25, 0.3) is 11.7 Å². The fraction of sp³-hybridized carbons (Fsp3) is 0.467. The van der Waals surface area contributed by atoms with Crippen LogP contribution in [0.2, 0.25) is 0 Å². The van der Waals surface area contributed by atoms with E-state index in [1.54, 1.807) is 11.0 Å². The molecule has 2 aromatic carbocycles. The van der Waals surface area contributed by atoms with Crippen LogP contribution in [0.5, 0.6) is 11.5 Å². The van der Waals surface area contributed by atoms with Crippen molar-refractivity contribution in [2.45, 2.75) is 77.8 Å². The Morgan fingerprint density at radius 2 is 1.72 bits per heavy atom. The molecule has 1 saturated carbocycles. The Balaban J connectivity index is 1.82. The molecule has 2 fully saturated rings. The third-order valence-electron chi connectivity index (χ3n) is 7.07. The lowest BCUT2D eigenvalue weighted by molar-refractivity contribution is -0.141. The minimum absolute atomic E-state index is 0.0145. The molecule has 2 aliphatic rings. The van der Waals surface area contributed by atoms with Gasteiger partial charge < -0.3 is 19.5 Å². The van der Waals surface area contributed by atoms with Crippen LogP contribution < -0.4 is 9.47 Å². The van der Waals surface area contributed by atoms with E-state index in [1.807, 2.05) is 43.3 Å². The van der Waals surface area contributed by atoms with E-state index in [9.17, 15) is 14.7 Å². The van der Waals surface area contributed by atoms with Crippen LogP contribution in [0.4, 0.5) is 0 Å². The predicted molar refractivity (Wildman–Crippen MR) is 140 cm³/mol. The number of benzene rings is 2. The molecule has 36 heavy (non-hydrogen) atoms. The van der Waals surface area contributed by atoms with Crippen molar-refractivity contribution in [1.29, 1.82) is 0 Å². The third-order valence-corrected chi connectivity index (χ3v) is 7.07. The zero-order valence-corrected chi connectivity index (χ0v) is 21.8.